The van der Waals surface area contributed by atoms with E-state index in [4.69, 9.17) is 17.8 Å². The number of nitrogens with one attached hydrogen (secondary N) is 1. The van der Waals surface area contributed by atoms with Crippen molar-refractivity contribution < 1.29 is 36.1 Å². The minimum absolute atomic E-state index is 0.0148. The maximum absolute atomic E-state index is 13.9. The Labute approximate surface area is 358 Å². The number of aromatic carboxylic acids is 1. The first-order chi connectivity index (χ1) is 30.2. The molecule has 11 rings (SSSR count). The van der Waals surface area contributed by atoms with Gasteiger partial charge < -0.3 is 24.0 Å². The number of aryl methyl sites for hydroxylation is 4. The van der Waals surface area contributed by atoms with Gasteiger partial charge in [-0.25, -0.2) is 8.98 Å². The number of hydrogen-bond donors (Lipinski definition) is 2. The zero-order valence-electron chi connectivity index (χ0n) is 34.2. The van der Waals surface area contributed by atoms with Crippen LogP contribution in [0, 0.1) is 27.7 Å². The number of ether oxygens (including phenoxy) is 1. The molecule has 1 atom stereocenters. The number of para-hydroxylation sites is 1. The van der Waals surface area contributed by atoms with Gasteiger partial charge in [-0.15, -0.1) is 0 Å². The van der Waals surface area contributed by atoms with Gasteiger partial charge in [0, 0.05) is 34.1 Å². The van der Waals surface area contributed by atoms with Gasteiger partial charge in [0.15, 0.2) is 5.60 Å². The topological polar surface area (TPSA) is 162 Å². The zero-order chi connectivity index (χ0) is 43.7. The molecule has 4 heterocycles. The Morgan fingerprint density at radius 2 is 1.30 bits per heavy atom. The zero-order valence-corrected chi connectivity index (χ0v) is 35.0. The summed E-state index contributed by atoms with van der Waals surface area (Å²) in [4.78, 5) is 39.5. The summed E-state index contributed by atoms with van der Waals surface area (Å²) in [5.74, 6) is -0.399. The number of hydrogen-bond acceptors (Lipinski definition) is 10. The van der Waals surface area contributed by atoms with Gasteiger partial charge in [0.2, 0.25) is 10.9 Å². The predicted octanol–water partition coefficient (Wildman–Crippen LogP) is 10.6. The summed E-state index contributed by atoms with van der Waals surface area (Å²) in [6.45, 7) is 7.60. The van der Waals surface area contributed by atoms with Gasteiger partial charge in [-0.3, -0.25) is 9.59 Å². The molecule has 2 aliphatic heterocycles. The van der Waals surface area contributed by atoms with Crippen molar-refractivity contribution in [3.05, 3.63) is 191 Å². The predicted molar refractivity (Wildman–Crippen MR) is 240 cm³/mol. The molecule has 0 amide bonds. The summed E-state index contributed by atoms with van der Waals surface area (Å²) in [5.41, 5.74) is 7.25. The van der Waals surface area contributed by atoms with Crippen LogP contribution in [0.15, 0.2) is 139 Å². The summed E-state index contributed by atoms with van der Waals surface area (Å²) < 4.78 is 52.9. The minimum atomic E-state index is -4.21. The van der Waals surface area contributed by atoms with Gasteiger partial charge >= 0.3 is 5.97 Å². The lowest BCUT2D eigenvalue weighted by Gasteiger charge is -2.36. The van der Waals surface area contributed by atoms with Crippen LogP contribution in [0.5, 0.6) is 11.5 Å². The van der Waals surface area contributed by atoms with Crippen LogP contribution in [0.2, 0.25) is 0 Å². The van der Waals surface area contributed by atoms with Gasteiger partial charge in [0.1, 0.15) is 38.7 Å². The standard InChI is InChI=1S/C51H35NO10S/c1-25-19-42-45(49(54)34-23-30(50(55)56)14-18-39(34)60-42)27(3)33(25)21-29-13-16-35-40(22-29)61-41-24-31(15-17-36(41)51(35)37-10-6-8-12-44(37)63(57,58)62-51)52-47-26(2)20-43-46(28(47)4)48(53)32-9-5-7-11-38(32)59-43/h5-20,22-24,52H,21H2,1-4H3,(H,55,56). The fourth-order valence-electron chi connectivity index (χ4n) is 9.55. The van der Waals surface area contributed by atoms with E-state index >= 15 is 0 Å². The molecular weight excluding hydrogens is 819 g/mol. The summed E-state index contributed by atoms with van der Waals surface area (Å²) >= 11 is 0. The van der Waals surface area contributed by atoms with E-state index in [2.05, 4.69) is 5.32 Å². The maximum Gasteiger partial charge on any atom is 0.335 e. The number of carbonyl (C=O) groups is 1. The molecule has 2 N–H and O–H groups in total. The molecule has 1 unspecified atom stereocenters. The summed E-state index contributed by atoms with van der Waals surface area (Å²) in [5, 5.41) is 14.6. The molecule has 0 radical (unpaired) electrons. The normalized spacial score (nSPS) is 16.0. The number of fused-ring (bicyclic) bond motifs is 10. The van der Waals surface area contributed by atoms with E-state index in [0.29, 0.717) is 95.6 Å². The molecule has 11 nitrogen and oxygen atoms in total. The molecule has 0 saturated heterocycles. The largest absolute Gasteiger partial charge is 0.478 e. The monoisotopic (exact) mass is 853 g/mol. The highest BCUT2D eigenvalue weighted by molar-refractivity contribution is 7.87. The second-order valence-corrected chi connectivity index (χ2v) is 17.8. The van der Waals surface area contributed by atoms with E-state index in [1.807, 2.05) is 70.2 Å². The van der Waals surface area contributed by atoms with E-state index in [0.717, 1.165) is 22.3 Å². The molecule has 0 fully saturated rings. The van der Waals surface area contributed by atoms with E-state index in [1.165, 1.54) is 24.3 Å². The quantitative estimate of drug-likeness (QED) is 0.125. The highest BCUT2D eigenvalue weighted by Gasteiger charge is 2.55. The second-order valence-electron chi connectivity index (χ2n) is 16.3. The van der Waals surface area contributed by atoms with Crippen LogP contribution in [0.3, 0.4) is 0 Å². The number of anilines is 2. The number of benzene rings is 7. The third-order valence-electron chi connectivity index (χ3n) is 12.6. The van der Waals surface area contributed by atoms with Crippen LogP contribution in [0.1, 0.15) is 60.4 Å². The molecule has 0 saturated carbocycles. The third-order valence-corrected chi connectivity index (χ3v) is 13.9. The van der Waals surface area contributed by atoms with Crippen molar-refractivity contribution in [1.82, 2.24) is 0 Å². The molecule has 63 heavy (non-hydrogen) atoms. The Bertz CT molecular complexity index is 3790. The van der Waals surface area contributed by atoms with Gasteiger partial charge in [-0.05, 0) is 134 Å². The van der Waals surface area contributed by atoms with Crippen molar-refractivity contribution in [3.63, 3.8) is 0 Å². The lowest BCUT2D eigenvalue weighted by Crippen LogP contribution is -2.33. The van der Waals surface area contributed by atoms with Gasteiger partial charge in [-0.2, -0.15) is 8.42 Å². The van der Waals surface area contributed by atoms with Gasteiger partial charge in [-0.1, -0.05) is 42.5 Å². The molecule has 310 valence electrons. The average molecular weight is 854 g/mol. The van der Waals surface area contributed by atoms with Crippen LogP contribution < -0.4 is 20.9 Å². The molecule has 9 aromatic rings. The highest BCUT2D eigenvalue weighted by atomic mass is 32.2. The Balaban J connectivity index is 1.03. The van der Waals surface area contributed by atoms with Gasteiger partial charge in [0.05, 0.1) is 27.1 Å². The smallest absolute Gasteiger partial charge is 0.335 e. The molecule has 0 bridgehead atoms. The van der Waals surface area contributed by atoms with Crippen molar-refractivity contribution in [3.8, 4) is 11.5 Å². The van der Waals surface area contributed by atoms with E-state index in [1.54, 1.807) is 48.5 Å². The summed E-state index contributed by atoms with van der Waals surface area (Å²) in [6.07, 6.45) is 0.373. The first-order valence-electron chi connectivity index (χ1n) is 20.2. The first-order valence-corrected chi connectivity index (χ1v) is 21.6. The molecular formula is C51H35NO10S. The number of rotatable bonds is 5. The Kier molecular flexibility index (Phi) is 8.21. The van der Waals surface area contributed by atoms with Crippen molar-refractivity contribution >= 4 is 71.3 Å². The average Bonchev–Trinajstić information content (AvgIpc) is 3.50. The Morgan fingerprint density at radius 1 is 0.651 bits per heavy atom. The summed E-state index contributed by atoms with van der Waals surface area (Å²) in [7, 11) is -4.21. The van der Waals surface area contributed by atoms with Crippen LogP contribution in [-0.2, 0) is 26.3 Å². The van der Waals surface area contributed by atoms with Crippen LogP contribution in [0.4, 0.5) is 11.4 Å². The fourth-order valence-corrected chi connectivity index (χ4v) is 11.0. The third kappa shape index (κ3) is 5.61. The minimum Gasteiger partial charge on any atom is -0.478 e. The molecule has 2 aromatic heterocycles. The summed E-state index contributed by atoms with van der Waals surface area (Å²) in [6, 6.07) is 32.8. The molecule has 1 spiro atoms. The molecule has 7 aromatic carbocycles. The van der Waals surface area contributed by atoms with Crippen LogP contribution >= 0.6 is 0 Å². The van der Waals surface area contributed by atoms with Crippen molar-refractivity contribution in [2.24, 2.45) is 0 Å². The Morgan fingerprint density at radius 3 is 2.08 bits per heavy atom. The lowest BCUT2D eigenvalue weighted by molar-refractivity contribution is 0.0697. The first kappa shape index (κ1) is 38.4. The highest BCUT2D eigenvalue weighted by Crippen LogP contribution is 2.58. The number of carboxylic acid groups (broad SMARTS) is 1. The second kappa shape index (κ2) is 13.5. The van der Waals surface area contributed by atoms with Crippen LogP contribution in [-0.4, -0.2) is 19.5 Å². The lowest BCUT2D eigenvalue weighted by atomic mass is 9.77. The van der Waals surface area contributed by atoms with E-state index < -0.39 is 21.7 Å². The molecule has 2 aliphatic rings. The van der Waals surface area contributed by atoms with Crippen molar-refractivity contribution in [2.45, 2.75) is 44.6 Å². The SMILES string of the molecule is Cc1cc2oc3ccc(C(=O)O)cc3c(=O)c2c(C)c1Cc1ccc2c(c1)Oc1cc(Nc3c(C)cc4oc5ccccc5c(=O)c4c3C)ccc1C21OS(=O)(=O)c2ccccc21. The van der Waals surface area contributed by atoms with Gasteiger partial charge in [0.25, 0.3) is 10.1 Å². The van der Waals surface area contributed by atoms with Crippen LogP contribution in [0.25, 0.3) is 43.9 Å². The molecule has 12 heteroatoms. The molecule has 0 aliphatic carbocycles. The van der Waals surface area contributed by atoms with E-state index in [9.17, 15) is 27.9 Å². The maximum atomic E-state index is 13.9. The van der Waals surface area contributed by atoms with E-state index in [-0.39, 0.29) is 26.7 Å². The van der Waals surface area contributed by atoms with Crippen molar-refractivity contribution in [2.75, 3.05) is 5.32 Å². The fraction of sp³-hybridized carbons (Fsp3) is 0.118. The van der Waals surface area contributed by atoms with Crippen molar-refractivity contribution in [1.29, 1.82) is 0 Å². The Hall–Kier alpha value is -7.54. The number of carboxylic acids is 1.